The molecule has 2 rings (SSSR count). The molecule has 0 aliphatic heterocycles. The van der Waals surface area contributed by atoms with E-state index in [1.165, 1.54) is 26.4 Å². The van der Waals surface area contributed by atoms with Gasteiger partial charge in [0.05, 0.1) is 19.8 Å². The number of phenols is 1. The third kappa shape index (κ3) is 2.66. The van der Waals surface area contributed by atoms with Gasteiger partial charge in [0.15, 0.2) is 29.3 Å². The largest absolute Gasteiger partial charge is 0.504 e. The second kappa shape index (κ2) is 5.97. The van der Waals surface area contributed by atoms with E-state index in [1.807, 2.05) is 0 Å². The van der Waals surface area contributed by atoms with Crippen molar-refractivity contribution in [2.45, 2.75) is 0 Å². The average Bonchev–Trinajstić information content (AvgIpc) is 2.48. The van der Waals surface area contributed by atoms with Crippen LogP contribution in [-0.2, 0) is 0 Å². The molecule has 20 heavy (non-hydrogen) atoms. The Hall–Kier alpha value is -2.69. The van der Waals surface area contributed by atoms with Gasteiger partial charge >= 0.3 is 0 Å². The van der Waals surface area contributed by atoms with Gasteiger partial charge < -0.3 is 19.3 Å². The van der Waals surface area contributed by atoms with Crippen molar-refractivity contribution < 1.29 is 24.1 Å². The number of phenolic OH excluding ortho intramolecular Hbond substituents is 1. The smallest absolute Gasteiger partial charge is 0.169 e. The highest BCUT2D eigenvalue weighted by Crippen LogP contribution is 2.37. The summed E-state index contributed by atoms with van der Waals surface area (Å²) in [6.45, 7) is 0. The molecule has 0 aliphatic carbocycles. The van der Waals surface area contributed by atoms with Gasteiger partial charge in [-0.2, -0.15) is 0 Å². The first kappa shape index (κ1) is 13.7. The van der Waals surface area contributed by atoms with Gasteiger partial charge in [0, 0.05) is 6.07 Å². The average molecular weight is 274 g/mol. The van der Waals surface area contributed by atoms with Crippen molar-refractivity contribution in [3.8, 4) is 28.7 Å². The molecule has 0 heterocycles. The van der Waals surface area contributed by atoms with E-state index in [2.05, 4.69) is 0 Å². The quantitative estimate of drug-likeness (QED) is 0.849. The van der Waals surface area contributed by atoms with Gasteiger partial charge in [-0.25, -0.2) is 0 Å². The van der Waals surface area contributed by atoms with Crippen molar-refractivity contribution in [1.29, 1.82) is 0 Å². The molecule has 5 nitrogen and oxygen atoms in total. The zero-order valence-electron chi connectivity index (χ0n) is 11.1. The number of hydrogen-bond donors (Lipinski definition) is 1. The number of benzene rings is 2. The van der Waals surface area contributed by atoms with E-state index in [1.54, 1.807) is 24.3 Å². The Morgan fingerprint density at radius 2 is 1.60 bits per heavy atom. The van der Waals surface area contributed by atoms with E-state index in [9.17, 15) is 9.90 Å². The fourth-order valence-corrected chi connectivity index (χ4v) is 1.73. The van der Waals surface area contributed by atoms with Crippen LogP contribution in [0.25, 0.3) is 0 Å². The fourth-order valence-electron chi connectivity index (χ4n) is 1.73. The highest BCUT2D eigenvalue weighted by molar-refractivity contribution is 5.81. The van der Waals surface area contributed by atoms with Crippen LogP contribution in [0, 0.1) is 0 Å². The molecule has 0 unspecified atom stereocenters. The summed E-state index contributed by atoms with van der Waals surface area (Å²) in [6.07, 6.45) is 0.632. The van der Waals surface area contributed by atoms with Crippen molar-refractivity contribution in [3.05, 3.63) is 42.0 Å². The summed E-state index contributed by atoms with van der Waals surface area (Å²) in [6, 6.07) is 9.76. The topological polar surface area (TPSA) is 65.0 Å². The Labute approximate surface area is 116 Å². The van der Waals surface area contributed by atoms with Crippen molar-refractivity contribution >= 4 is 6.29 Å². The summed E-state index contributed by atoms with van der Waals surface area (Å²) in [4.78, 5) is 11.1. The highest BCUT2D eigenvalue weighted by atomic mass is 16.5. The van der Waals surface area contributed by atoms with Crippen LogP contribution < -0.4 is 14.2 Å². The van der Waals surface area contributed by atoms with Crippen LogP contribution in [0.5, 0.6) is 28.7 Å². The fraction of sp³-hybridized carbons (Fsp3) is 0.133. The van der Waals surface area contributed by atoms with Gasteiger partial charge in [-0.1, -0.05) is 12.1 Å². The van der Waals surface area contributed by atoms with Crippen molar-refractivity contribution in [1.82, 2.24) is 0 Å². The number of ether oxygens (including phenoxy) is 3. The Morgan fingerprint density at radius 3 is 2.20 bits per heavy atom. The normalized spacial score (nSPS) is 9.90. The number of aldehydes is 1. The summed E-state index contributed by atoms with van der Waals surface area (Å²) >= 11 is 0. The summed E-state index contributed by atoms with van der Waals surface area (Å²) < 4.78 is 15.7. The Morgan fingerprint density at radius 1 is 0.950 bits per heavy atom. The predicted molar refractivity (Wildman–Crippen MR) is 73.1 cm³/mol. The molecular formula is C15H14O5. The minimum Gasteiger partial charge on any atom is -0.504 e. The number of carbonyl (C=O) groups excluding carboxylic acids is 1. The predicted octanol–water partition coefficient (Wildman–Crippen LogP) is 3.01. The van der Waals surface area contributed by atoms with Gasteiger partial charge in [-0.05, 0) is 18.2 Å². The van der Waals surface area contributed by atoms with Gasteiger partial charge in [-0.15, -0.1) is 0 Å². The maximum absolute atomic E-state index is 11.1. The molecule has 2 aromatic rings. The van der Waals surface area contributed by atoms with Gasteiger partial charge in [0.25, 0.3) is 0 Å². The Balaban J connectivity index is 2.42. The molecule has 104 valence electrons. The molecule has 0 radical (unpaired) electrons. The molecule has 5 heteroatoms. The van der Waals surface area contributed by atoms with Crippen LogP contribution in [0.2, 0.25) is 0 Å². The van der Waals surface area contributed by atoms with E-state index in [4.69, 9.17) is 14.2 Å². The molecule has 1 N–H and O–H groups in total. The third-order valence-electron chi connectivity index (χ3n) is 2.73. The van der Waals surface area contributed by atoms with Crippen molar-refractivity contribution in [2.24, 2.45) is 0 Å². The maximum Gasteiger partial charge on any atom is 0.169 e. The molecular weight excluding hydrogens is 260 g/mol. The van der Waals surface area contributed by atoms with Crippen LogP contribution in [0.4, 0.5) is 0 Å². The van der Waals surface area contributed by atoms with E-state index < -0.39 is 0 Å². The number of rotatable bonds is 5. The van der Waals surface area contributed by atoms with Crippen LogP contribution in [0.1, 0.15) is 10.4 Å². The zero-order valence-corrected chi connectivity index (χ0v) is 11.1. The molecule has 2 aromatic carbocycles. The first-order chi connectivity index (χ1) is 9.69. The number of carbonyl (C=O) groups is 1. The minimum atomic E-state index is -0.108. The van der Waals surface area contributed by atoms with Crippen LogP contribution in [-0.4, -0.2) is 25.6 Å². The van der Waals surface area contributed by atoms with Gasteiger partial charge in [0.2, 0.25) is 0 Å². The Kier molecular flexibility index (Phi) is 4.10. The van der Waals surface area contributed by atoms with Crippen molar-refractivity contribution in [3.63, 3.8) is 0 Å². The molecule has 0 atom stereocenters. The lowest BCUT2D eigenvalue weighted by Crippen LogP contribution is -1.95. The molecule has 0 amide bonds. The lowest BCUT2D eigenvalue weighted by atomic mass is 10.2. The summed E-state index contributed by atoms with van der Waals surface area (Å²) in [5.74, 6) is 1.30. The molecule has 0 saturated carbocycles. The maximum atomic E-state index is 11.1. The lowest BCUT2D eigenvalue weighted by molar-refractivity contribution is 0.112. The van der Waals surface area contributed by atoms with E-state index in [0.717, 1.165) is 0 Å². The third-order valence-corrected chi connectivity index (χ3v) is 2.73. The lowest BCUT2D eigenvalue weighted by Gasteiger charge is -2.13. The molecule has 0 aromatic heterocycles. The summed E-state index contributed by atoms with van der Waals surface area (Å²) in [5.41, 5.74) is 0.269. The van der Waals surface area contributed by atoms with Crippen molar-refractivity contribution in [2.75, 3.05) is 14.2 Å². The van der Waals surface area contributed by atoms with E-state index in [0.29, 0.717) is 17.8 Å². The monoisotopic (exact) mass is 274 g/mol. The highest BCUT2D eigenvalue weighted by Gasteiger charge is 2.13. The van der Waals surface area contributed by atoms with E-state index >= 15 is 0 Å². The zero-order chi connectivity index (χ0) is 14.5. The molecule has 0 bridgehead atoms. The first-order valence-electron chi connectivity index (χ1n) is 5.86. The number of methoxy groups -OCH3 is 2. The number of hydrogen-bond acceptors (Lipinski definition) is 5. The number of para-hydroxylation sites is 2. The Bertz CT molecular complexity index is 622. The second-order valence-electron chi connectivity index (χ2n) is 3.93. The van der Waals surface area contributed by atoms with Crippen LogP contribution in [0.3, 0.4) is 0 Å². The molecule has 0 fully saturated rings. The number of aromatic hydroxyl groups is 1. The standard InChI is InChI=1S/C15H14O5/c1-18-12-5-3-4-6-13(12)20-14-8-11(17)15(19-2)7-10(14)9-16/h3-9,17H,1-2H3. The second-order valence-corrected chi connectivity index (χ2v) is 3.93. The van der Waals surface area contributed by atoms with E-state index in [-0.39, 0.29) is 22.8 Å². The van der Waals surface area contributed by atoms with Gasteiger partial charge in [0.1, 0.15) is 5.75 Å². The van der Waals surface area contributed by atoms with Gasteiger partial charge in [-0.3, -0.25) is 4.79 Å². The first-order valence-corrected chi connectivity index (χ1v) is 5.86. The van der Waals surface area contributed by atoms with Crippen LogP contribution in [0.15, 0.2) is 36.4 Å². The van der Waals surface area contributed by atoms with Crippen LogP contribution >= 0.6 is 0 Å². The molecule has 0 saturated heterocycles. The summed E-state index contributed by atoms with van der Waals surface area (Å²) in [5, 5.41) is 9.76. The molecule has 0 aliphatic rings. The minimum absolute atomic E-state index is 0.108. The SMILES string of the molecule is COc1cc(C=O)c(Oc2ccccc2OC)cc1O. The molecule has 0 spiro atoms. The summed E-state index contributed by atoms with van der Waals surface area (Å²) in [7, 11) is 2.93.